The highest BCUT2D eigenvalue weighted by Gasteiger charge is 2.23. The largest absolute Gasteiger partial charge is 0.459 e. The Morgan fingerprint density at radius 3 is 2.41 bits per heavy atom. The smallest absolute Gasteiger partial charge is 0.342 e. The van der Waals surface area contributed by atoms with Gasteiger partial charge in [0.15, 0.2) is 0 Å². The van der Waals surface area contributed by atoms with Crippen LogP contribution in [-0.4, -0.2) is 66.1 Å². The van der Waals surface area contributed by atoms with Crippen LogP contribution in [0.3, 0.4) is 0 Å². The SMILES string of the molecule is CCN(CCc1c(C)cccc1F)Cc1ccc(CN2CCN(c3ncccc3C(=O)OC(C)C)CC2)cc1. The minimum atomic E-state index is -0.320. The average molecular weight is 533 g/mol. The van der Waals surface area contributed by atoms with Gasteiger partial charge in [-0.1, -0.05) is 43.3 Å². The summed E-state index contributed by atoms with van der Waals surface area (Å²) in [5.41, 5.74) is 4.93. The van der Waals surface area contributed by atoms with Crippen LogP contribution < -0.4 is 4.90 Å². The molecule has 208 valence electrons. The normalized spacial score (nSPS) is 14.3. The quantitative estimate of drug-likeness (QED) is 0.305. The van der Waals surface area contributed by atoms with Gasteiger partial charge in [0.2, 0.25) is 0 Å². The highest BCUT2D eigenvalue weighted by Crippen LogP contribution is 2.21. The van der Waals surface area contributed by atoms with Crippen LogP contribution in [0.25, 0.3) is 0 Å². The number of carbonyl (C=O) groups is 1. The van der Waals surface area contributed by atoms with Crippen LogP contribution >= 0.6 is 0 Å². The summed E-state index contributed by atoms with van der Waals surface area (Å²) < 4.78 is 19.6. The number of hydrogen-bond acceptors (Lipinski definition) is 6. The molecule has 0 saturated carbocycles. The van der Waals surface area contributed by atoms with E-state index >= 15 is 0 Å². The van der Waals surface area contributed by atoms with E-state index in [1.54, 1.807) is 30.5 Å². The van der Waals surface area contributed by atoms with E-state index in [2.05, 4.69) is 50.9 Å². The second kappa shape index (κ2) is 13.7. The van der Waals surface area contributed by atoms with Gasteiger partial charge >= 0.3 is 5.97 Å². The molecule has 2 heterocycles. The molecule has 4 rings (SSSR count). The molecular formula is C32H41FN4O2. The first-order valence-corrected chi connectivity index (χ1v) is 14.0. The minimum absolute atomic E-state index is 0.106. The molecule has 0 radical (unpaired) electrons. The Labute approximate surface area is 232 Å². The Hall–Kier alpha value is -3.29. The van der Waals surface area contributed by atoms with Crippen molar-refractivity contribution in [3.8, 4) is 0 Å². The van der Waals surface area contributed by atoms with Crippen LogP contribution in [0.1, 0.15) is 53.4 Å². The van der Waals surface area contributed by atoms with Gasteiger partial charge < -0.3 is 9.64 Å². The number of rotatable bonds is 11. The third kappa shape index (κ3) is 7.87. The first kappa shape index (κ1) is 28.7. The fourth-order valence-electron chi connectivity index (χ4n) is 5.07. The van der Waals surface area contributed by atoms with E-state index < -0.39 is 0 Å². The number of halogens is 1. The van der Waals surface area contributed by atoms with Crippen molar-refractivity contribution in [1.82, 2.24) is 14.8 Å². The molecule has 1 aliphatic heterocycles. The minimum Gasteiger partial charge on any atom is -0.459 e. The number of hydrogen-bond donors (Lipinski definition) is 0. The zero-order chi connectivity index (χ0) is 27.8. The number of nitrogens with zero attached hydrogens (tertiary/aromatic N) is 4. The number of likely N-dealkylation sites (N-methyl/N-ethyl adjacent to an activating group) is 1. The number of piperazine rings is 1. The maximum atomic E-state index is 14.2. The number of benzene rings is 2. The maximum Gasteiger partial charge on any atom is 0.342 e. The molecule has 0 amide bonds. The van der Waals surface area contributed by atoms with Gasteiger partial charge in [-0.15, -0.1) is 0 Å². The molecular weight excluding hydrogens is 491 g/mol. The van der Waals surface area contributed by atoms with Crippen LogP contribution in [0.15, 0.2) is 60.8 Å². The lowest BCUT2D eigenvalue weighted by molar-refractivity contribution is 0.0378. The molecule has 0 aliphatic carbocycles. The highest BCUT2D eigenvalue weighted by atomic mass is 19.1. The Kier molecular flexibility index (Phi) is 10.1. The Morgan fingerprint density at radius 2 is 1.74 bits per heavy atom. The van der Waals surface area contributed by atoms with Gasteiger partial charge in [0, 0.05) is 52.0 Å². The molecule has 39 heavy (non-hydrogen) atoms. The van der Waals surface area contributed by atoms with Crippen molar-refractivity contribution >= 4 is 11.8 Å². The predicted octanol–water partition coefficient (Wildman–Crippen LogP) is 5.48. The van der Waals surface area contributed by atoms with Crippen LogP contribution in [0.4, 0.5) is 10.2 Å². The van der Waals surface area contributed by atoms with Crippen LogP contribution in [0.5, 0.6) is 0 Å². The number of carbonyl (C=O) groups excluding carboxylic acids is 1. The van der Waals surface area contributed by atoms with Crippen molar-refractivity contribution in [2.45, 2.75) is 53.3 Å². The van der Waals surface area contributed by atoms with Crippen LogP contribution in [-0.2, 0) is 24.2 Å². The van der Waals surface area contributed by atoms with E-state index in [0.29, 0.717) is 11.4 Å². The Morgan fingerprint density at radius 1 is 1.03 bits per heavy atom. The third-order valence-corrected chi connectivity index (χ3v) is 7.33. The first-order chi connectivity index (χ1) is 18.8. The lowest BCUT2D eigenvalue weighted by atomic mass is 10.0. The predicted molar refractivity (Wildman–Crippen MR) is 155 cm³/mol. The van der Waals surface area contributed by atoms with Gasteiger partial charge in [-0.05, 0) is 74.2 Å². The number of ether oxygens (including phenoxy) is 1. The fourth-order valence-corrected chi connectivity index (χ4v) is 5.07. The third-order valence-electron chi connectivity index (χ3n) is 7.33. The lowest BCUT2D eigenvalue weighted by Crippen LogP contribution is -2.46. The Balaban J connectivity index is 1.27. The van der Waals surface area contributed by atoms with Gasteiger partial charge in [-0.3, -0.25) is 9.80 Å². The van der Waals surface area contributed by atoms with Crippen molar-refractivity contribution in [1.29, 1.82) is 0 Å². The van der Waals surface area contributed by atoms with Crippen molar-refractivity contribution in [3.63, 3.8) is 0 Å². The van der Waals surface area contributed by atoms with Crippen molar-refractivity contribution < 1.29 is 13.9 Å². The van der Waals surface area contributed by atoms with E-state index in [1.165, 1.54) is 11.1 Å². The molecule has 7 heteroatoms. The van der Waals surface area contributed by atoms with Gasteiger partial charge in [0.05, 0.1) is 6.10 Å². The Bertz CT molecular complexity index is 1200. The number of anilines is 1. The first-order valence-electron chi connectivity index (χ1n) is 14.0. The van der Waals surface area contributed by atoms with Gasteiger partial charge in [0.1, 0.15) is 17.2 Å². The summed E-state index contributed by atoms with van der Waals surface area (Å²) in [6, 6.07) is 17.7. The molecule has 1 aliphatic rings. The highest BCUT2D eigenvalue weighted by molar-refractivity contribution is 5.94. The maximum absolute atomic E-state index is 14.2. The molecule has 0 unspecified atom stereocenters. The zero-order valence-corrected chi connectivity index (χ0v) is 23.7. The standard InChI is InChI=1S/C32H41FN4O2/c1-5-35(17-15-28-25(4)8-6-10-30(28)33)22-26-11-13-27(14-12-26)23-36-18-20-37(21-19-36)31-29(9-7-16-34-31)32(38)39-24(2)3/h6-14,16,24H,5,15,17-23H2,1-4H3. The second-order valence-corrected chi connectivity index (χ2v) is 10.6. The summed E-state index contributed by atoms with van der Waals surface area (Å²) in [6.07, 6.45) is 2.28. The van der Waals surface area contributed by atoms with Crippen molar-refractivity contribution in [3.05, 3.63) is 94.4 Å². The van der Waals surface area contributed by atoms with E-state index in [9.17, 15) is 9.18 Å². The number of pyridine rings is 1. The zero-order valence-electron chi connectivity index (χ0n) is 23.7. The molecule has 1 saturated heterocycles. The number of aromatic nitrogens is 1. The number of esters is 1. The van der Waals surface area contributed by atoms with Gasteiger partial charge in [-0.25, -0.2) is 14.2 Å². The van der Waals surface area contributed by atoms with Crippen molar-refractivity contribution in [2.75, 3.05) is 44.2 Å². The molecule has 0 N–H and O–H groups in total. The van der Waals surface area contributed by atoms with E-state index in [-0.39, 0.29) is 17.9 Å². The average Bonchev–Trinajstić information content (AvgIpc) is 2.93. The molecule has 6 nitrogen and oxygen atoms in total. The summed E-state index contributed by atoms with van der Waals surface area (Å²) in [6.45, 7) is 14.8. The van der Waals surface area contributed by atoms with Gasteiger partial charge in [0.25, 0.3) is 0 Å². The molecule has 1 aromatic heterocycles. The van der Waals surface area contributed by atoms with E-state index in [1.807, 2.05) is 26.8 Å². The topological polar surface area (TPSA) is 48.9 Å². The van der Waals surface area contributed by atoms with Crippen LogP contribution in [0.2, 0.25) is 0 Å². The monoisotopic (exact) mass is 532 g/mol. The van der Waals surface area contributed by atoms with Crippen LogP contribution in [0, 0.1) is 12.7 Å². The number of aryl methyl sites for hydroxylation is 1. The summed E-state index contributed by atoms with van der Waals surface area (Å²) in [5, 5.41) is 0. The summed E-state index contributed by atoms with van der Waals surface area (Å²) >= 11 is 0. The molecule has 0 bridgehead atoms. The molecule has 0 atom stereocenters. The molecule has 1 fully saturated rings. The molecule has 3 aromatic rings. The van der Waals surface area contributed by atoms with E-state index in [4.69, 9.17) is 4.74 Å². The lowest BCUT2D eigenvalue weighted by Gasteiger charge is -2.36. The fraction of sp³-hybridized carbons (Fsp3) is 0.438. The van der Waals surface area contributed by atoms with E-state index in [0.717, 1.165) is 69.9 Å². The summed E-state index contributed by atoms with van der Waals surface area (Å²) in [5.74, 6) is 0.280. The second-order valence-electron chi connectivity index (χ2n) is 10.6. The summed E-state index contributed by atoms with van der Waals surface area (Å²) in [7, 11) is 0. The van der Waals surface area contributed by atoms with Crippen molar-refractivity contribution in [2.24, 2.45) is 0 Å². The summed E-state index contributed by atoms with van der Waals surface area (Å²) in [4.78, 5) is 24.0. The molecule has 2 aromatic carbocycles. The van der Waals surface area contributed by atoms with Gasteiger partial charge in [-0.2, -0.15) is 0 Å². The molecule has 0 spiro atoms.